The van der Waals surface area contributed by atoms with Gasteiger partial charge in [0.05, 0.1) is 32.8 Å². The topological polar surface area (TPSA) is 69.9 Å². The highest BCUT2D eigenvalue weighted by Gasteiger charge is 2.17. The minimum absolute atomic E-state index is 0.275. The van der Waals surface area contributed by atoms with Crippen LogP contribution in [0.15, 0.2) is 41.0 Å². The lowest BCUT2D eigenvalue weighted by Crippen LogP contribution is -2.10. The Hall–Kier alpha value is -3.41. The van der Waals surface area contributed by atoms with E-state index in [0.29, 0.717) is 23.8 Å². The Bertz CT molecular complexity index is 1110. The number of rotatable bonds is 7. The highest BCUT2D eigenvalue weighted by molar-refractivity contribution is 6.05. The van der Waals surface area contributed by atoms with E-state index in [1.165, 1.54) is 0 Å². The van der Waals surface area contributed by atoms with Crippen molar-refractivity contribution < 1.29 is 23.4 Å². The van der Waals surface area contributed by atoms with Gasteiger partial charge < -0.3 is 23.9 Å². The predicted octanol–water partition coefficient (Wildman–Crippen LogP) is 5.51. The summed E-state index contributed by atoms with van der Waals surface area (Å²) in [6.07, 6.45) is 3.29. The number of nitrogens with one attached hydrogen (secondary N) is 1. The van der Waals surface area contributed by atoms with Crippen LogP contribution in [0.2, 0.25) is 0 Å². The van der Waals surface area contributed by atoms with Gasteiger partial charge in [-0.1, -0.05) is 0 Å². The standard InChI is InChI=1S/C24H27NO5/c1-7-29-23-16(4)24-19(15(3)13-30-24)12-18(23)14(2)10-22(26)25-20-11-17(27-5)8-9-21(20)28-6/h8-13H,7H2,1-6H3,(H,25,26)/b14-10+. The zero-order valence-electron chi connectivity index (χ0n) is 18.2. The first kappa shape index (κ1) is 21.3. The van der Waals surface area contributed by atoms with Crippen LogP contribution in [0.25, 0.3) is 16.5 Å². The third kappa shape index (κ3) is 4.13. The van der Waals surface area contributed by atoms with Crippen LogP contribution < -0.4 is 19.5 Å². The first-order valence-corrected chi connectivity index (χ1v) is 9.75. The van der Waals surface area contributed by atoms with Gasteiger partial charge in [-0.25, -0.2) is 0 Å². The second-order valence-corrected chi connectivity index (χ2v) is 6.99. The summed E-state index contributed by atoms with van der Waals surface area (Å²) in [5, 5.41) is 3.87. The third-order valence-corrected chi connectivity index (χ3v) is 4.96. The summed E-state index contributed by atoms with van der Waals surface area (Å²) in [7, 11) is 3.13. The van der Waals surface area contributed by atoms with Crippen LogP contribution in [0.1, 0.15) is 30.5 Å². The van der Waals surface area contributed by atoms with Crippen molar-refractivity contribution in [1.29, 1.82) is 0 Å². The number of hydrogen-bond donors (Lipinski definition) is 1. The normalized spacial score (nSPS) is 11.5. The summed E-state index contributed by atoms with van der Waals surface area (Å²) in [4.78, 5) is 12.8. The lowest BCUT2D eigenvalue weighted by molar-refractivity contribution is -0.111. The summed E-state index contributed by atoms with van der Waals surface area (Å²) >= 11 is 0. The maximum absolute atomic E-state index is 12.8. The minimum Gasteiger partial charge on any atom is -0.497 e. The molecule has 2 aromatic carbocycles. The second kappa shape index (κ2) is 8.95. The number of furan rings is 1. The zero-order valence-corrected chi connectivity index (χ0v) is 18.2. The Labute approximate surface area is 176 Å². The van der Waals surface area contributed by atoms with E-state index in [4.69, 9.17) is 18.6 Å². The molecule has 1 heterocycles. The van der Waals surface area contributed by atoms with Crippen molar-refractivity contribution in [3.05, 3.63) is 53.3 Å². The zero-order chi connectivity index (χ0) is 21.8. The lowest BCUT2D eigenvalue weighted by atomic mass is 9.98. The number of ether oxygens (including phenoxy) is 3. The van der Waals surface area contributed by atoms with E-state index in [-0.39, 0.29) is 5.91 Å². The average molecular weight is 409 g/mol. The van der Waals surface area contributed by atoms with Gasteiger partial charge in [-0.2, -0.15) is 0 Å². The molecular formula is C24H27NO5. The number of fused-ring (bicyclic) bond motifs is 1. The molecule has 1 aromatic heterocycles. The molecule has 3 rings (SSSR count). The van der Waals surface area contributed by atoms with Gasteiger partial charge in [-0.3, -0.25) is 4.79 Å². The van der Waals surface area contributed by atoms with E-state index in [1.807, 2.05) is 33.8 Å². The van der Waals surface area contributed by atoms with Crippen molar-refractivity contribution in [3.8, 4) is 17.2 Å². The van der Waals surface area contributed by atoms with Crippen molar-refractivity contribution >= 4 is 28.1 Å². The molecule has 1 amide bonds. The second-order valence-electron chi connectivity index (χ2n) is 6.99. The van der Waals surface area contributed by atoms with E-state index < -0.39 is 0 Å². The summed E-state index contributed by atoms with van der Waals surface area (Å²) < 4.78 is 22.2. The molecule has 0 saturated carbocycles. The number of anilines is 1. The summed E-state index contributed by atoms with van der Waals surface area (Å²) in [6, 6.07) is 7.25. The van der Waals surface area contributed by atoms with Crippen molar-refractivity contribution in [2.45, 2.75) is 27.7 Å². The van der Waals surface area contributed by atoms with E-state index in [0.717, 1.165) is 39.0 Å². The molecule has 6 heteroatoms. The van der Waals surface area contributed by atoms with E-state index >= 15 is 0 Å². The molecule has 0 saturated heterocycles. The molecule has 0 aliphatic rings. The van der Waals surface area contributed by atoms with Crippen LogP contribution in [0, 0.1) is 13.8 Å². The third-order valence-electron chi connectivity index (χ3n) is 4.96. The van der Waals surface area contributed by atoms with Gasteiger partial charge in [0.15, 0.2) is 0 Å². The number of amides is 1. The molecule has 0 atom stereocenters. The van der Waals surface area contributed by atoms with Gasteiger partial charge in [-0.05, 0) is 57.0 Å². The van der Waals surface area contributed by atoms with Gasteiger partial charge in [0.25, 0.3) is 0 Å². The molecule has 0 aliphatic heterocycles. The van der Waals surface area contributed by atoms with Crippen LogP contribution in [0.4, 0.5) is 5.69 Å². The highest BCUT2D eigenvalue weighted by atomic mass is 16.5. The minimum atomic E-state index is -0.275. The Morgan fingerprint density at radius 3 is 2.60 bits per heavy atom. The van der Waals surface area contributed by atoms with Gasteiger partial charge in [0, 0.05) is 28.7 Å². The monoisotopic (exact) mass is 409 g/mol. The molecule has 0 bridgehead atoms. The first-order chi connectivity index (χ1) is 14.4. The van der Waals surface area contributed by atoms with Crippen LogP contribution >= 0.6 is 0 Å². The molecule has 0 radical (unpaired) electrons. The maximum atomic E-state index is 12.8. The van der Waals surface area contributed by atoms with Crippen LogP contribution in [0.3, 0.4) is 0 Å². The van der Waals surface area contributed by atoms with Crippen molar-refractivity contribution in [1.82, 2.24) is 0 Å². The number of methoxy groups -OCH3 is 2. The molecule has 0 aliphatic carbocycles. The fourth-order valence-electron chi connectivity index (χ4n) is 3.42. The lowest BCUT2D eigenvalue weighted by Gasteiger charge is -2.15. The van der Waals surface area contributed by atoms with E-state index in [2.05, 4.69) is 5.32 Å². The number of benzene rings is 2. The Morgan fingerprint density at radius 2 is 1.93 bits per heavy atom. The van der Waals surface area contributed by atoms with E-state index in [9.17, 15) is 4.79 Å². The Balaban J connectivity index is 1.99. The molecule has 30 heavy (non-hydrogen) atoms. The number of carbonyl (C=O) groups is 1. The number of hydrogen-bond acceptors (Lipinski definition) is 5. The SMILES string of the molecule is CCOc1c(/C(C)=C/C(=O)Nc2cc(OC)ccc2OC)cc2c(C)coc2c1C. The molecular weight excluding hydrogens is 382 g/mol. The molecule has 158 valence electrons. The Kier molecular flexibility index (Phi) is 6.35. The molecule has 0 unspecified atom stereocenters. The quantitative estimate of drug-likeness (QED) is 0.521. The van der Waals surface area contributed by atoms with Gasteiger partial charge in [0.1, 0.15) is 22.8 Å². The predicted molar refractivity (Wildman–Crippen MR) is 119 cm³/mol. The highest BCUT2D eigenvalue weighted by Crippen LogP contribution is 2.37. The van der Waals surface area contributed by atoms with Crippen molar-refractivity contribution in [2.24, 2.45) is 0 Å². The molecule has 3 aromatic rings. The first-order valence-electron chi connectivity index (χ1n) is 9.75. The summed E-state index contributed by atoms with van der Waals surface area (Å²) in [5.41, 5.74) is 4.93. The van der Waals surface area contributed by atoms with Crippen LogP contribution in [0.5, 0.6) is 17.2 Å². The van der Waals surface area contributed by atoms with Crippen LogP contribution in [-0.2, 0) is 4.79 Å². The maximum Gasteiger partial charge on any atom is 0.248 e. The number of carbonyl (C=O) groups excluding carboxylic acids is 1. The Morgan fingerprint density at radius 1 is 1.17 bits per heavy atom. The molecule has 1 N–H and O–H groups in total. The fraction of sp³-hybridized carbons (Fsp3) is 0.292. The van der Waals surface area contributed by atoms with Crippen molar-refractivity contribution in [2.75, 3.05) is 26.1 Å². The average Bonchev–Trinajstić information content (AvgIpc) is 3.10. The number of aryl methyl sites for hydroxylation is 2. The van der Waals surface area contributed by atoms with Gasteiger partial charge in [0.2, 0.25) is 5.91 Å². The summed E-state index contributed by atoms with van der Waals surface area (Å²) in [6.45, 7) is 8.30. The smallest absolute Gasteiger partial charge is 0.248 e. The summed E-state index contributed by atoms with van der Waals surface area (Å²) in [5.74, 6) is 1.63. The van der Waals surface area contributed by atoms with Crippen LogP contribution in [-0.4, -0.2) is 26.7 Å². The molecule has 0 fully saturated rings. The van der Waals surface area contributed by atoms with E-state index in [1.54, 1.807) is 44.8 Å². The number of allylic oxidation sites excluding steroid dienone is 1. The van der Waals surface area contributed by atoms with Crippen molar-refractivity contribution in [3.63, 3.8) is 0 Å². The van der Waals surface area contributed by atoms with Gasteiger partial charge >= 0.3 is 0 Å². The molecule has 6 nitrogen and oxygen atoms in total. The van der Waals surface area contributed by atoms with Gasteiger partial charge in [-0.15, -0.1) is 0 Å². The largest absolute Gasteiger partial charge is 0.497 e. The molecule has 0 spiro atoms. The fourth-order valence-corrected chi connectivity index (χ4v) is 3.42.